The Kier molecular flexibility index (Phi) is 7.44. The minimum atomic E-state index is -0.421. The van der Waals surface area contributed by atoms with Gasteiger partial charge in [0.1, 0.15) is 11.8 Å². The third kappa shape index (κ3) is 5.89. The number of ether oxygens (including phenoxy) is 1. The van der Waals surface area contributed by atoms with Crippen molar-refractivity contribution in [2.45, 2.75) is 13.0 Å². The van der Waals surface area contributed by atoms with Crippen LogP contribution in [0.5, 0.6) is 5.75 Å². The van der Waals surface area contributed by atoms with Gasteiger partial charge in [0.15, 0.2) is 0 Å². The van der Waals surface area contributed by atoms with Crippen molar-refractivity contribution in [3.63, 3.8) is 0 Å². The maximum Gasteiger partial charge on any atom is 0.246 e. The molecule has 0 heterocycles. The van der Waals surface area contributed by atoms with Crippen LogP contribution >= 0.6 is 0 Å². The number of para-hydroxylation sites is 2. The third-order valence-corrected chi connectivity index (χ3v) is 3.75. The van der Waals surface area contributed by atoms with Crippen molar-refractivity contribution in [2.24, 2.45) is 0 Å². The number of amides is 1. The first-order valence-electron chi connectivity index (χ1n) is 8.57. The van der Waals surface area contributed by atoms with Gasteiger partial charge >= 0.3 is 0 Å². The Balaban J connectivity index is 2.15. The first-order chi connectivity index (χ1) is 12.1. The second-order valence-electron chi connectivity index (χ2n) is 6.02. The zero-order valence-electron chi connectivity index (χ0n) is 15.2. The van der Waals surface area contributed by atoms with Crippen molar-refractivity contribution in [2.75, 3.05) is 39.1 Å². The van der Waals surface area contributed by atoms with Gasteiger partial charge in [0.25, 0.3) is 0 Å². The topological polar surface area (TPSA) is 53.6 Å². The summed E-state index contributed by atoms with van der Waals surface area (Å²) in [5, 5.41) is 6.34. The Morgan fingerprint density at radius 2 is 1.76 bits per heavy atom. The Hall–Kier alpha value is -2.37. The number of hydrogen-bond acceptors (Lipinski definition) is 4. The van der Waals surface area contributed by atoms with E-state index in [0.29, 0.717) is 24.6 Å². The van der Waals surface area contributed by atoms with Crippen LogP contribution in [0.3, 0.4) is 0 Å². The monoisotopic (exact) mass is 341 g/mol. The first kappa shape index (κ1) is 19.0. The van der Waals surface area contributed by atoms with E-state index < -0.39 is 6.04 Å². The lowest BCUT2D eigenvalue weighted by Gasteiger charge is -2.21. The zero-order valence-corrected chi connectivity index (χ0v) is 15.2. The van der Waals surface area contributed by atoms with E-state index in [1.165, 1.54) is 0 Å². The second-order valence-corrected chi connectivity index (χ2v) is 6.02. The Bertz CT molecular complexity index is 659. The van der Waals surface area contributed by atoms with Crippen molar-refractivity contribution in [1.29, 1.82) is 0 Å². The number of hydrogen-bond donors (Lipinski definition) is 2. The summed E-state index contributed by atoms with van der Waals surface area (Å²) in [5.41, 5.74) is 1.62. The van der Waals surface area contributed by atoms with Gasteiger partial charge in [0.2, 0.25) is 5.91 Å². The van der Waals surface area contributed by atoms with E-state index in [4.69, 9.17) is 4.74 Å². The summed E-state index contributed by atoms with van der Waals surface area (Å²) < 4.78 is 5.59. The van der Waals surface area contributed by atoms with Gasteiger partial charge in [-0.3, -0.25) is 4.79 Å². The van der Waals surface area contributed by atoms with Crippen molar-refractivity contribution in [3.8, 4) is 5.75 Å². The summed E-state index contributed by atoms with van der Waals surface area (Å²) in [4.78, 5) is 15.0. The van der Waals surface area contributed by atoms with Gasteiger partial charge < -0.3 is 20.3 Å². The summed E-state index contributed by atoms with van der Waals surface area (Å²) in [7, 11) is 4.02. The molecule has 1 amide bonds. The number of anilines is 1. The van der Waals surface area contributed by atoms with E-state index in [9.17, 15) is 4.79 Å². The van der Waals surface area contributed by atoms with Crippen LogP contribution in [0.25, 0.3) is 0 Å². The number of benzene rings is 2. The van der Waals surface area contributed by atoms with Crippen LogP contribution in [0.4, 0.5) is 5.69 Å². The predicted molar refractivity (Wildman–Crippen MR) is 102 cm³/mol. The van der Waals surface area contributed by atoms with Gasteiger partial charge in [-0.2, -0.15) is 0 Å². The number of rotatable bonds is 9. The highest BCUT2D eigenvalue weighted by Gasteiger charge is 2.21. The lowest BCUT2D eigenvalue weighted by molar-refractivity contribution is -0.118. The van der Waals surface area contributed by atoms with Gasteiger partial charge in [-0.25, -0.2) is 0 Å². The smallest absolute Gasteiger partial charge is 0.246 e. The molecular weight excluding hydrogens is 314 g/mol. The standard InChI is InChI=1S/C20H27N3O2/c1-4-25-18-13-9-8-12-17(18)22-20(24)19(21-14-15-23(2)3)16-10-6-5-7-11-16/h5-13,19,21H,4,14-15H2,1-3H3,(H,22,24)/t19-/m0/s1. The highest BCUT2D eigenvalue weighted by Crippen LogP contribution is 2.25. The second kappa shape index (κ2) is 9.81. The van der Waals surface area contributed by atoms with Gasteiger partial charge in [-0.1, -0.05) is 42.5 Å². The summed E-state index contributed by atoms with van der Waals surface area (Å²) >= 11 is 0. The molecule has 2 aromatic rings. The summed E-state index contributed by atoms with van der Waals surface area (Å²) in [6.45, 7) is 4.05. The zero-order chi connectivity index (χ0) is 18.1. The Morgan fingerprint density at radius 1 is 1.08 bits per heavy atom. The number of carbonyl (C=O) groups is 1. The maximum absolute atomic E-state index is 12.9. The average molecular weight is 341 g/mol. The van der Waals surface area contributed by atoms with E-state index in [2.05, 4.69) is 15.5 Å². The maximum atomic E-state index is 12.9. The van der Waals surface area contributed by atoms with Crippen LogP contribution in [-0.4, -0.2) is 44.6 Å². The molecule has 0 bridgehead atoms. The van der Waals surface area contributed by atoms with Crippen LogP contribution in [0.2, 0.25) is 0 Å². The molecule has 2 rings (SSSR count). The quantitative estimate of drug-likeness (QED) is 0.736. The number of nitrogens with one attached hydrogen (secondary N) is 2. The van der Waals surface area contributed by atoms with Gasteiger partial charge in [0.05, 0.1) is 12.3 Å². The van der Waals surface area contributed by atoms with Crippen LogP contribution in [0, 0.1) is 0 Å². The molecule has 0 saturated carbocycles. The lowest BCUT2D eigenvalue weighted by Crippen LogP contribution is -2.36. The fourth-order valence-electron chi connectivity index (χ4n) is 2.50. The van der Waals surface area contributed by atoms with Crippen LogP contribution < -0.4 is 15.4 Å². The van der Waals surface area contributed by atoms with E-state index in [0.717, 1.165) is 12.1 Å². The third-order valence-electron chi connectivity index (χ3n) is 3.75. The normalized spacial score (nSPS) is 12.0. The van der Waals surface area contributed by atoms with Crippen molar-refractivity contribution in [1.82, 2.24) is 10.2 Å². The number of likely N-dealkylation sites (N-methyl/N-ethyl adjacent to an activating group) is 1. The molecule has 134 valence electrons. The Morgan fingerprint density at radius 3 is 2.44 bits per heavy atom. The predicted octanol–water partition coefficient (Wildman–Crippen LogP) is 2.92. The molecule has 0 aliphatic carbocycles. The van der Waals surface area contributed by atoms with E-state index in [1.807, 2.05) is 75.6 Å². The van der Waals surface area contributed by atoms with Crippen LogP contribution in [-0.2, 0) is 4.79 Å². The fraction of sp³-hybridized carbons (Fsp3) is 0.350. The molecule has 1 atom stereocenters. The largest absolute Gasteiger partial charge is 0.492 e. The van der Waals surface area contributed by atoms with Crippen molar-refractivity contribution >= 4 is 11.6 Å². The lowest BCUT2D eigenvalue weighted by atomic mass is 10.1. The van der Waals surface area contributed by atoms with Gasteiger partial charge in [-0.15, -0.1) is 0 Å². The van der Waals surface area contributed by atoms with Crippen LogP contribution in [0.15, 0.2) is 54.6 Å². The summed E-state index contributed by atoms with van der Waals surface area (Å²) in [5.74, 6) is 0.579. The molecule has 0 saturated heterocycles. The highest BCUT2D eigenvalue weighted by atomic mass is 16.5. The average Bonchev–Trinajstić information content (AvgIpc) is 2.61. The minimum Gasteiger partial charge on any atom is -0.492 e. The molecule has 25 heavy (non-hydrogen) atoms. The highest BCUT2D eigenvalue weighted by molar-refractivity contribution is 5.96. The van der Waals surface area contributed by atoms with E-state index >= 15 is 0 Å². The molecule has 0 unspecified atom stereocenters. The molecular formula is C20H27N3O2. The molecule has 0 fully saturated rings. The summed E-state index contributed by atoms with van der Waals surface area (Å²) in [6, 6.07) is 16.8. The van der Waals surface area contributed by atoms with Crippen LogP contribution in [0.1, 0.15) is 18.5 Å². The first-order valence-corrected chi connectivity index (χ1v) is 8.57. The molecule has 0 aliphatic rings. The number of nitrogens with zero attached hydrogens (tertiary/aromatic N) is 1. The molecule has 0 radical (unpaired) electrons. The Labute approximate surface area is 150 Å². The SMILES string of the molecule is CCOc1ccccc1NC(=O)[C@@H](NCCN(C)C)c1ccccc1. The molecule has 2 aromatic carbocycles. The molecule has 5 heteroatoms. The molecule has 0 aromatic heterocycles. The molecule has 0 aliphatic heterocycles. The van der Waals surface area contributed by atoms with Gasteiger partial charge in [0, 0.05) is 13.1 Å². The van der Waals surface area contributed by atoms with Crippen molar-refractivity contribution < 1.29 is 9.53 Å². The molecule has 0 spiro atoms. The van der Waals surface area contributed by atoms with Crippen molar-refractivity contribution in [3.05, 3.63) is 60.2 Å². The van der Waals surface area contributed by atoms with E-state index in [-0.39, 0.29) is 5.91 Å². The molecule has 5 nitrogen and oxygen atoms in total. The number of carbonyl (C=O) groups excluding carboxylic acids is 1. The summed E-state index contributed by atoms with van der Waals surface area (Å²) in [6.07, 6.45) is 0. The fourth-order valence-corrected chi connectivity index (χ4v) is 2.50. The van der Waals surface area contributed by atoms with Gasteiger partial charge in [-0.05, 0) is 38.7 Å². The molecule has 2 N–H and O–H groups in total. The minimum absolute atomic E-state index is 0.0999. The van der Waals surface area contributed by atoms with E-state index in [1.54, 1.807) is 0 Å².